The van der Waals surface area contributed by atoms with Crippen LogP contribution in [0.3, 0.4) is 0 Å². The zero-order valence-corrected chi connectivity index (χ0v) is 12.2. The standard InChI is InChI=1S/C17H15NO5/c19-15-13-11-6-7-12(8-11)14(13)16(20)18(15)23-17(21)22-9-10-4-2-1-3-5-10/h1-7,11-12,19-20H,8-9H2. The Morgan fingerprint density at radius 3 is 2.30 bits per heavy atom. The molecule has 4 rings (SSSR count). The van der Waals surface area contributed by atoms with Gasteiger partial charge in [-0.05, 0) is 12.0 Å². The van der Waals surface area contributed by atoms with Gasteiger partial charge in [0.25, 0.3) is 0 Å². The summed E-state index contributed by atoms with van der Waals surface area (Å²) in [5.74, 6) is -0.366. The molecule has 0 radical (unpaired) electrons. The van der Waals surface area contributed by atoms with Gasteiger partial charge in [0.15, 0.2) is 0 Å². The number of ether oxygens (including phenoxy) is 1. The first-order chi connectivity index (χ1) is 11.1. The highest BCUT2D eigenvalue weighted by Gasteiger charge is 2.42. The van der Waals surface area contributed by atoms with Gasteiger partial charge in [-0.15, -0.1) is 4.73 Å². The number of aromatic hydroxyl groups is 2. The fourth-order valence-electron chi connectivity index (χ4n) is 3.32. The number of nitrogens with zero attached hydrogens (tertiary/aromatic N) is 1. The van der Waals surface area contributed by atoms with E-state index in [1.165, 1.54) is 0 Å². The number of hydrogen-bond acceptors (Lipinski definition) is 5. The van der Waals surface area contributed by atoms with E-state index in [2.05, 4.69) is 0 Å². The van der Waals surface area contributed by atoms with Crippen molar-refractivity contribution in [3.05, 3.63) is 59.2 Å². The highest BCUT2D eigenvalue weighted by atomic mass is 16.8. The molecule has 2 aliphatic carbocycles. The predicted molar refractivity (Wildman–Crippen MR) is 80.2 cm³/mol. The van der Waals surface area contributed by atoms with E-state index < -0.39 is 6.16 Å². The lowest BCUT2D eigenvalue weighted by Gasteiger charge is -2.09. The maximum Gasteiger partial charge on any atom is 0.534 e. The molecule has 1 aromatic heterocycles. The van der Waals surface area contributed by atoms with E-state index >= 15 is 0 Å². The minimum Gasteiger partial charge on any atom is -0.492 e. The average Bonchev–Trinajstić information content (AvgIpc) is 3.24. The molecule has 0 saturated heterocycles. The van der Waals surface area contributed by atoms with Crippen LogP contribution in [0.5, 0.6) is 11.8 Å². The maximum atomic E-state index is 11.8. The Morgan fingerprint density at radius 2 is 1.70 bits per heavy atom. The summed E-state index contributed by atoms with van der Waals surface area (Å²) in [6.07, 6.45) is 3.83. The first-order valence-corrected chi connectivity index (χ1v) is 7.39. The topological polar surface area (TPSA) is 80.9 Å². The summed E-state index contributed by atoms with van der Waals surface area (Å²) < 4.78 is 5.73. The van der Waals surface area contributed by atoms with Gasteiger partial charge >= 0.3 is 6.16 Å². The van der Waals surface area contributed by atoms with Crippen molar-refractivity contribution >= 4 is 6.16 Å². The van der Waals surface area contributed by atoms with Crippen LogP contribution in [0.25, 0.3) is 0 Å². The average molecular weight is 313 g/mol. The van der Waals surface area contributed by atoms with Crippen LogP contribution in [0.1, 0.15) is 34.9 Å². The number of carbonyl (C=O) groups is 1. The van der Waals surface area contributed by atoms with E-state index in [1.807, 2.05) is 42.5 Å². The van der Waals surface area contributed by atoms with Gasteiger partial charge in [0.05, 0.1) is 0 Å². The molecule has 0 saturated carbocycles. The van der Waals surface area contributed by atoms with Crippen molar-refractivity contribution in [1.82, 2.24) is 4.73 Å². The van der Waals surface area contributed by atoms with E-state index in [9.17, 15) is 15.0 Å². The van der Waals surface area contributed by atoms with Gasteiger partial charge in [0.2, 0.25) is 11.8 Å². The summed E-state index contributed by atoms with van der Waals surface area (Å²) in [6.45, 7) is 0.0506. The van der Waals surface area contributed by atoms with E-state index in [0.29, 0.717) is 11.1 Å². The molecule has 2 N–H and O–H groups in total. The van der Waals surface area contributed by atoms with Crippen molar-refractivity contribution < 1.29 is 24.6 Å². The second-order valence-electron chi connectivity index (χ2n) is 5.72. The van der Waals surface area contributed by atoms with Gasteiger partial charge in [-0.3, -0.25) is 4.84 Å². The number of fused-ring (bicyclic) bond motifs is 5. The van der Waals surface area contributed by atoms with Crippen LogP contribution in [-0.4, -0.2) is 21.1 Å². The molecule has 2 bridgehead atoms. The minimum atomic E-state index is -0.992. The molecule has 0 fully saturated rings. The summed E-state index contributed by atoms with van der Waals surface area (Å²) in [5, 5.41) is 20.4. The maximum absolute atomic E-state index is 11.8. The molecule has 1 heterocycles. The van der Waals surface area contributed by atoms with Crippen molar-refractivity contribution in [1.29, 1.82) is 0 Å². The van der Waals surface area contributed by atoms with Crippen LogP contribution < -0.4 is 4.84 Å². The van der Waals surface area contributed by atoms with E-state index in [0.717, 1.165) is 16.7 Å². The van der Waals surface area contributed by atoms with Crippen LogP contribution in [0, 0.1) is 0 Å². The number of aromatic nitrogens is 1. The number of hydrogen-bond donors (Lipinski definition) is 2. The number of allylic oxidation sites excluding steroid dienone is 2. The Labute approximate surface area is 132 Å². The van der Waals surface area contributed by atoms with Gasteiger partial charge in [0.1, 0.15) is 6.61 Å². The Bertz CT molecular complexity index is 758. The monoisotopic (exact) mass is 313 g/mol. The van der Waals surface area contributed by atoms with Crippen molar-refractivity contribution in [2.75, 3.05) is 0 Å². The molecule has 6 heteroatoms. The summed E-state index contributed by atoms with van der Waals surface area (Å²) in [4.78, 5) is 16.7. The minimum absolute atomic E-state index is 0.0506. The molecule has 6 nitrogen and oxygen atoms in total. The molecule has 0 aliphatic heterocycles. The summed E-state index contributed by atoms with van der Waals surface area (Å²) >= 11 is 0. The SMILES string of the molecule is O=C(OCc1ccccc1)On1c(O)c2c(c1O)C1C=CC2C1. The number of carbonyl (C=O) groups excluding carboxylic acids is 1. The summed E-state index contributed by atoms with van der Waals surface area (Å²) in [7, 11) is 0. The predicted octanol–water partition coefficient (Wildman–Crippen LogP) is 2.81. The van der Waals surface area contributed by atoms with Crippen molar-refractivity contribution in [2.24, 2.45) is 0 Å². The largest absolute Gasteiger partial charge is 0.534 e. The van der Waals surface area contributed by atoms with Gasteiger partial charge in [-0.1, -0.05) is 42.5 Å². The lowest BCUT2D eigenvalue weighted by atomic mass is 10.0. The molecule has 0 amide bonds. The second-order valence-corrected chi connectivity index (χ2v) is 5.72. The van der Waals surface area contributed by atoms with Crippen LogP contribution in [0.2, 0.25) is 0 Å². The van der Waals surface area contributed by atoms with E-state index in [-0.39, 0.29) is 30.2 Å². The second kappa shape index (κ2) is 5.08. The van der Waals surface area contributed by atoms with Gasteiger partial charge < -0.3 is 14.9 Å². The fraction of sp³-hybridized carbons (Fsp3) is 0.235. The molecule has 118 valence electrons. The van der Waals surface area contributed by atoms with Crippen molar-refractivity contribution in [3.63, 3.8) is 0 Å². The highest BCUT2D eigenvalue weighted by molar-refractivity contribution is 5.63. The van der Waals surface area contributed by atoms with E-state index in [4.69, 9.17) is 9.57 Å². The van der Waals surface area contributed by atoms with Crippen molar-refractivity contribution in [3.8, 4) is 11.8 Å². The Morgan fingerprint density at radius 1 is 1.09 bits per heavy atom. The van der Waals surface area contributed by atoms with Crippen LogP contribution in [0.15, 0.2) is 42.5 Å². The highest BCUT2D eigenvalue weighted by Crippen LogP contribution is 2.56. The Balaban J connectivity index is 1.49. The van der Waals surface area contributed by atoms with E-state index in [1.54, 1.807) is 0 Å². The van der Waals surface area contributed by atoms with Crippen LogP contribution in [-0.2, 0) is 11.3 Å². The molecule has 23 heavy (non-hydrogen) atoms. The molecular formula is C17H15NO5. The van der Waals surface area contributed by atoms with Gasteiger partial charge in [-0.2, -0.15) is 0 Å². The Hall–Kier alpha value is -2.89. The molecule has 0 spiro atoms. The van der Waals surface area contributed by atoms with Gasteiger partial charge in [0, 0.05) is 23.0 Å². The molecule has 2 aromatic rings. The molecule has 2 unspecified atom stereocenters. The van der Waals surface area contributed by atoms with Crippen LogP contribution >= 0.6 is 0 Å². The third kappa shape index (κ3) is 2.14. The zero-order valence-electron chi connectivity index (χ0n) is 12.2. The number of rotatable bonds is 3. The lowest BCUT2D eigenvalue weighted by molar-refractivity contribution is 0.0306. The molecule has 2 atom stereocenters. The first-order valence-electron chi connectivity index (χ1n) is 7.39. The molecular weight excluding hydrogens is 298 g/mol. The normalized spacial score (nSPS) is 20.5. The summed E-state index contributed by atoms with van der Waals surface area (Å²) in [5.41, 5.74) is 2.08. The summed E-state index contributed by atoms with van der Waals surface area (Å²) in [6, 6.07) is 9.16. The molecule has 2 aliphatic rings. The third-order valence-electron chi connectivity index (χ3n) is 4.35. The zero-order chi connectivity index (χ0) is 16.0. The van der Waals surface area contributed by atoms with Crippen molar-refractivity contribution in [2.45, 2.75) is 24.9 Å². The third-order valence-corrected chi connectivity index (χ3v) is 4.35. The first kappa shape index (κ1) is 13.8. The van der Waals surface area contributed by atoms with Gasteiger partial charge in [-0.25, -0.2) is 4.79 Å². The number of benzene rings is 1. The molecule has 1 aromatic carbocycles. The fourth-order valence-corrected chi connectivity index (χ4v) is 3.32. The quantitative estimate of drug-likeness (QED) is 0.673. The van der Waals surface area contributed by atoms with Crippen LogP contribution in [0.4, 0.5) is 4.79 Å². The smallest absolute Gasteiger partial charge is 0.492 e. The Kier molecular flexibility index (Phi) is 3.04. The lowest BCUT2D eigenvalue weighted by Crippen LogP contribution is -2.20.